The van der Waals surface area contributed by atoms with Crippen LogP contribution in [0.25, 0.3) is 0 Å². The van der Waals surface area contributed by atoms with Gasteiger partial charge in [-0.3, -0.25) is 9.59 Å². The zero-order valence-electron chi connectivity index (χ0n) is 16.3. The average Bonchev–Trinajstić information content (AvgIpc) is 2.79. The first kappa shape index (κ1) is 20.9. The molecule has 0 aliphatic carbocycles. The largest absolute Gasteiger partial charge is 0.467 e. The highest BCUT2D eigenvalue weighted by atomic mass is 19.1. The predicted molar refractivity (Wildman–Crippen MR) is 110 cm³/mol. The van der Waals surface area contributed by atoms with E-state index in [1.54, 1.807) is 48.5 Å². The van der Waals surface area contributed by atoms with Gasteiger partial charge < -0.3 is 10.1 Å². The highest BCUT2D eigenvalue weighted by molar-refractivity contribution is 6.08. The molecule has 0 unspecified atom stereocenters. The van der Waals surface area contributed by atoms with Gasteiger partial charge in [-0.2, -0.15) is 0 Å². The third-order valence-electron chi connectivity index (χ3n) is 4.59. The summed E-state index contributed by atoms with van der Waals surface area (Å²) in [5.41, 5.74) is 2.09. The Bertz CT molecular complexity index is 1030. The number of benzene rings is 3. The molecular weight excluding hydrogens is 385 g/mol. The zero-order chi connectivity index (χ0) is 21.5. The fraction of sp³-hybridized carbons (Fsp3) is 0.125. The SMILES string of the molecule is COC(=O)[C@H](Cc1ccc(C(=O)c2ccccc2)cc1)NC(=O)c1ccc(F)cc1. The smallest absolute Gasteiger partial charge is 0.328 e. The second kappa shape index (κ2) is 9.60. The number of rotatable bonds is 7. The van der Waals surface area contributed by atoms with Gasteiger partial charge in [0.2, 0.25) is 0 Å². The number of nitrogens with one attached hydrogen (secondary N) is 1. The Hall–Kier alpha value is -3.80. The van der Waals surface area contributed by atoms with E-state index in [1.165, 1.54) is 31.4 Å². The molecule has 6 heteroatoms. The number of hydrogen-bond acceptors (Lipinski definition) is 4. The van der Waals surface area contributed by atoms with E-state index in [0.29, 0.717) is 11.1 Å². The molecule has 3 rings (SSSR count). The number of ketones is 1. The Morgan fingerprint density at radius 1 is 0.833 bits per heavy atom. The van der Waals surface area contributed by atoms with Gasteiger partial charge in [-0.05, 0) is 29.8 Å². The van der Waals surface area contributed by atoms with Crippen LogP contribution in [0.5, 0.6) is 0 Å². The average molecular weight is 405 g/mol. The van der Waals surface area contributed by atoms with Gasteiger partial charge in [-0.25, -0.2) is 9.18 Å². The van der Waals surface area contributed by atoms with Gasteiger partial charge in [-0.15, -0.1) is 0 Å². The fourth-order valence-electron chi connectivity index (χ4n) is 2.96. The molecule has 0 fully saturated rings. The highest BCUT2D eigenvalue weighted by Gasteiger charge is 2.23. The van der Waals surface area contributed by atoms with Crippen molar-refractivity contribution < 1.29 is 23.5 Å². The number of carbonyl (C=O) groups excluding carboxylic acids is 3. The Morgan fingerprint density at radius 3 is 2.00 bits per heavy atom. The number of hydrogen-bond donors (Lipinski definition) is 1. The van der Waals surface area contributed by atoms with E-state index in [1.807, 2.05) is 6.07 Å². The molecule has 0 heterocycles. The number of halogens is 1. The number of esters is 1. The lowest BCUT2D eigenvalue weighted by Crippen LogP contribution is -2.43. The summed E-state index contributed by atoms with van der Waals surface area (Å²) in [6, 6.07) is 19.8. The monoisotopic (exact) mass is 405 g/mol. The van der Waals surface area contributed by atoms with Crippen molar-refractivity contribution in [2.75, 3.05) is 7.11 Å². The molecule has 0 aliphatic heterocycles. The molecule has 0 aromatic heterocycles. The third-order valence-corrected chi connectivity index (χ3v) is 4.59. The molecule has 5 nitrogen and oxygen atoms in total. The van der Waals surface area contributed by atoms with E-state index in [2.05, 4.69) is 5.32 Å². The maximum absolute atomic E-state index is 13.1. The van der Waals surface area contributed by atoms with E-state index >= 15 is 0 Å². The van der Waals surface area contributed by atoms with E-state index in [4.69, 9.17) is 4.74 Å². The Morgan fingerprint density at radius 2 is 1.40 bits per heavy atom. The molecule has 1 atom stereocenters. The summed E-state index contributed by atoms with van der Waals surface area (Å²) < 4.78 is 17.8. The first-order valence-electron chi connectivity index (χ1n) is 9.31. The van der Waals surface area contributed by atoms with Crippen molar-refractivity contribution in [3.8, 4) is 0 Å². The first-order chi connectivity index (χ1) is 14.5. The van der Waals surface area contributed by atoms with E-state index in [-0.39, 0.29) is 17.8 Å². The number of carbonyl (C=O) groups is 3. The molecule has 30 heavy (non-hydrogen) atoms. The molecule has 0 radical (unpaired) electrons. The van der Waals surface area contributed by atoms with Gasteiger partial charge in [0.15, 0.2) is 5.78 Å². The van der Waals surface area contributed by atoms with Gasteiger partial charge in [0.25, 0.3) is 5.91 Å². The van der Waals surface area contributed by atoms with Crippen LogP contribution in [0.2, 0.25) is 0 Å². The van der Waals surface area contributed by atoms with Gasteiger partial charge in [0.1, 0.15) is 11.9 Å². The van der Waals surface area contributed by atoms with Crippen LogP contribution in [0.3, 0.4) is 0 Å². The zero-order valence-corrected chi connectivity index (χ0v) is 16.3. The summed E-state index contributed by atoms with van der Waals surface area (Å²) in [6.07, 6.45) is 0.180. The first-order valence-corrected chi connectivity index (χ1v) is 9.31. The van der Waals surface area contributed by atoms with Crippen molar-refractivity contribution in [2.45, 2.75) is 12.5 Å². The molecule has 0 bridgehead atoms. The molecule has 3 aromatic rings. The van der Waals surface area contributed by atoms with Gasteiger partial charge in [-0.1, -0.05) is 54.6 Å². The minimum atomic E-state index is -0.928. The van der Waals surface area contributed by atoms with Crippen molar-refractivity contribution in [1.29, 1.82) is 0 Å². The quantitative estimate of drug-likeness (QED) is 0.482. The van der Waals surface area contributed by atoms with Crippen molar-refractivity contribution in [1.82, 2.24) is 5.32 Å². The van der Waals surface area contributed by atoms with Gasteiger partial charge in [0, 0.05) is 23.1 Å². The molecule has 1 amide bonds. The van der Waals surface area contributed by atoms with Crippen molar-refractivity contribution in [3.05, 3.63) is 107 Å². The van der Waals surface area contributed by atoms with Crippen molar-refractivity contribution >= 4 is 17.7 Å². The summed E-state index contributed by atoms with van der Waals surface area (Å²) in [5.74, 6) is -1.67. The maximum atomic E-state index is 13.1. The lowest BCUT2D eigenvalue weighted by Gasteiger charge is -2.17. The molecule has 1 N–H and O–H groups in total. The van der Waals surface area contributed by atoms with Crippen LogP contribution in [0.4, 0.5) is 4.39 Å². The van der Waals surface area contributed by atoms with E-state index < -0.39 is 23.7 Å². The third kappa shape index (κ3) is 5.17. The lowest BCUT2D eigenvalue weighted by molar-refractivity contribution is -0.142. The van der Waals surface area contributed by atoms with Gasteiger partial charge >= 0.3 is 5.97 Å². The van der Waals surface area contributed by atoms with Crippen LogP contribution in [0.15, 0.2) is 78.9 Å². The molecule has 0 saturated heterocycles. The molecule has 0 spiro atoms. The van der Waals surface area contributed by atoms with Crippen LogP contribution in [0, 0.1) is 5.82 Å². The molecule has 0 aliphatic rings. The minimum Gasteiger partial charge on any atom is -0.467 e. The lowest BCUT2D eigenvalue weighted by atomic mass is 9.99. The summed E-state index contributed by atoms with van der Waals surface area (Å²) in [7, 11) is 1.24. The van der Waals surface area contributed by atoms with Gasteiger partial charge in [0.05, 0.1) is 7.11 Å². The Labute approximate surface area is 173 Å². The molecule has 152 valence electrons. The standard InChI is InChI=1S/C24H20FNO4/c1-30-24(29)21(26-23(28)19-11-13-20(25)14-12-19)15-16-7-9-18(10-8-16)22(27)17-5-3-2-4-6-17/h2-14,21H,15H2,1H3,(H,26,28)/t21-/m0/s1. The van der Waals surface area contributed by atoms with Crippen LogP contribution in [-0.4, -0.2) is 30.8 Å². The fourth-order valence-corrected chi connectivity index (χ4v) is 2.96. The second-order valence-corrected chi connectivity index (χ2v) is 6.65. The molecular formula is C24H20FNO4. The van der Waals surface area contributed by atoms with Crippen LogP contribution < -0.4 is 5.32 Å². The second-order valence-electron chi connectivity index (χ2n) is 6.65. The van der Waals surface area contributed by atoms with E-state index in [0.717, 1.165) is 5.56 Å². The molecule has 3 aromatic carbocycles. The maximum Gasteiger partial charge on any atom is 0.328 e. The number of methoxy groups -OCH3 is 1. The summed E-state index contributed by atoms with van der Waals surface area (Å²) in [4.78, 5) is 37.0. The normalized spacial score (nSPS) is 11.4. The van der Waals surface area contributed by atoms with Crippen LogP contribution in [0.1, 0.15) is 31.8 Å². The summed E-state index contributed by atoms with van der Waals surface area (Å²) in [5, 5.41) is 2.61. The minimum absolute atomic E-state index is 0.101. The van der Waals surface area contributed by atoms with Crippen LogP contribution in [-0.2, 0) is 16.0 Å². The summed E-state index contributed by atoms with van der Waals surface area (Å²) >= 11 is 0. The number of amides is 1. The number of ether oxygens (including phenoxy) is 1. The summed E-state index contributed by atoms with van der Waals surface area (Å²) in [6.45, 7) is 0. The Kier molecular flexibility index (Phi) is 6.70. The molecule has 0 saturated carbocycles. The van der Waals surface area contributed by atoms with Crippen molar-refractivity contribution in [3.63, 3.8) is 0 Å². The van der Waals surface area contributed by atoms with Crippen molar-refractivity contribution in [2.24, 2.45) is 0 Å². The highest BCUT2D eigenvalue weighted by Crippen LogP contribution is 2.13. The van der Waals surface area contributed by atoms with E-state index in [9.17, 15) is 18.8 Å². The van der Waals surface area contributed by atoms with Crippen LogP contribution >= 0.6 is 0 Å². The topological polar surface area (TPSA) is 72.5 Å². The predicted octanol–water partition coefficient (Wildman–Crippen LogP) is 3.57. The Balaban J connectivity index is 1.72.